The van der Waals surface area contributed by atoms with Crippen molar-refractivity contribution in [2.45, 2.75) is 19.9 Å². The lowest BCUT2D eigenvalue weighted by atomic mass is 10.1. The molecule has 0 unspecified atom stereocenters. The van der Waals surface area contributed by atoms with Gasteiger partial charge < -0.3 is 10.2 Å². The van der Waals surface area contributed by atoms with E-state index in [1.165, 1.54) is 12.1 Å². The zero-order chi connectivity index (χ0) is 12.4. The molecule has 2 rings (SSSR count). The fraction of sp³-hybridized carbons (Fsp3) is 0.462. The third kappa shape index (κ3) is 2.47. The molecular weight excluding hydrogens is 219 g/mol. The van der Waals surface area contributed by atoms with Crippen LogP contribution in [0.15, 0.2) is 18.2 Å². The molecule has 0 spiro atoms. The monoisotopic (exact) mass is 236 g/mol. The van der Waals surface area contributed by atoms with Gasteiger partial charge in [-0.25, -0.2) is 4.39 Å². The highest BCUT2D eigenvalue weighted by molar-refractivity contribution is 5.95. The lowest BCUT2D eigenvalue weighted by Gasteiger charge is -2.34. The van der Waals surface area contributed by atoms with E-state index in [9.17, 15) is 9.18 Å². The summed E-state index contributed by atoms with van der Waals surface area (Å²) in [4.78, 5) is 14.2. The summed E-state index contributed by atoms with van der Waals surface area (Å²) in [5.74, 6) is -0.302. The van der Waals surface area contributed by atoms with Gasteiger partial charge in [-0.15, -0.1) is 0 Å². The van der Waals surface area contributed by atoms with E-state index in [0.29, 0.717) is 17.7 Å². The molecular formula is C13H17FN2O. The van der Waals surface area contributed by atoms with Crippen molar-refractivity contribution in [3.05, 3.63) is 35.1 Å². The van der Waals surface area contributed by atoms with Gasteiger partial charge in [-0.2, -0.15) is 0 Å². The molecule has 1 aliphatic rings. The van der Waals surface area contributed by atoms with Gasteiger partial charge in [0.2, 0.25) is 0 Å². The Bertz CT molecular complexity index is 433. The van der Waals surface area contributed by atoms with Gasteiger partial charge in [0, 0.05) is 31.2 Å². The average Bonchev–Trinajstić information content (AvgIpc) is 2.29. The molecule has 1 aromatic carbocycles. The van der Waals surface area contributed by atoms with E-state index >= 15 is 0 Å². The number of hydrogen-bond acceptors (Lipinski definition) is 2. The predicted octanol–water partition coefficient (Wildman–Crippen LogP) is 1.57. The second kappa shape index (κ2) is 4.84. The third-order valence-corrected chi connectivity index (χ3v) is 3.18. The Morgan fingerprint density at radius 1 is 1.53 bits per heavy atom. The van der Waals surface area contributed by atoms with Crippen molar-refractivity contribution in [1.82, 2.24) is 10.2 Å². The average molecular weight is 236 g/mol. The van der Waals surface area contributed by atoms with Crippen LogP contribution in [0.5, 0.6) is 0 Å². The number of hydrogen-bond donors (Lipinski definition) is 1. The highest BCUT2D eigenvalue weighted by Gasteiger charge is 2.24. The maximum atomic E-state index is 13.0. The molecule has 0 radical (unpaired) electrons. The quantitative estimate of drug-likeness (QED) is 0.802. The molecule has 1 heterocycles. The maximum Gasteiger partial charge on any atom is 0.254 e. The molecule has 92 valence electrons. The van der Waals surface area contributed by atoms with Gasteiger partial charge >= 0.3 is 0 Å². The van der Waals surface area contributed by atoms with E-state index in [0.717, 1.165) is 13.1 Å². The molecule has 1 fully saturated rings. The van der Waals surface area contributed by atoms with Gasteiger partial charge in [-0.1, -0.05) is 0 Å². The van der Waals surface area contributed by atoms with Crippen LogP contribution in [-0.4, -0.2) is 36.5 Å². The first-order valence-corrected chi connectivity index (χ1v) is 5.87. The van der Waals surface area contributed by atoms with Gasteiger partial charge in [0.25, 0.3) is 5.91 Å². The first kappa shape index (κ1) is 12.0. The van der Waals surface area contributed by atoms with Crippen LogP contribution in [0.4, 0.5) is 4.39 Å². The van der Waals surface area contributed by atoms with E-state index < -0.39 is 0 Å². The van der Waals surface area contributed by atoms with Crippen molar-refractivity contribution in [1.29, 1.82) is 0 Å². The van der Waals surface area contributed by atoms with Crippen LogP contribution in [0.1, 0.15) is 22.8 Å². The van der Waals surface area contributed by atoms with Crippen LogP contribution < -0.4 is 5.32 Å². The van der Waals surface area contributed by atoms with Crippen LogP contribution >= 0.6 is 0 Å². The smallest absolute Gasteiger partial charge is 0.254 e. The van der Waals surface area contributed by atoms with Crippen molar-refractivity contribution in [3.8, 4) is 0 Å². The molecule has 17 heavy (non-hydrogen) atoms. The van der Waals surface area contributed by atoms with Crippen molar-refractivity contribution in [3.63, 3.8) is 0 Å². The summed E-state index contributed by atoms with van der Waals surface area (Å²) in [6, 6.07) is 4.50. The number of nitrogens with one attached hydrogen (secondary N) is 1. The molecule has 0 aromatic heterocycles. The first-order chi connectivity index (χ1) is 8.09. The molecule has 1 saturated heterocycles. The predicted molar refractivity (Wildman–Crippen MR) is 64.5 cm³/mol. The van der Waals surface area contributed by atoms with Gasteiger partial charge in [0.1, 0.15) is 5.82 Å². The molecule has 1 aliphatic heterocycles. The fourth-order valence-electron chi connectivity index (χ4n) is 2.16. The minimum Gasteiger partial charge on any atom is -0.333 e. The number of carbonyl (C=O) groups excluding carboxylic acids is 1. The van der Waals surface area contributed by atoms with Crippen molar-refractivity contribution >= 4 is 5.91 Å². The molecule has 0 aliphatic carbocycles. The Morgan fingerprint density at radius 3 is 2.94 bits per heavy atom. The Kier molecular flexibility index (Phi) is 3.43. The Morgan fingerprint density at radius 2 is 2.29 bits per heavy atom. The Hall–Kier alpha value is -1.42. The maximum absolute atomic E-state index is 13.0. The van der Waals surface area contributed by atoms with Gasteiger partial charge in [0.05, 0.1) is 0 Å². The van der Waals surface area contributed by atoms with Gasteiger partial charge in [-0.3, -0.25) is 4.79 Å². The van der Waals surface area contributed by atoms with Crippen LogP contribution in [0.25, 0.3) is 0 Å². The number of carbonyl (C=O) groups is 1. The standard InChI is InChI=1S/C13H17FN2O/c1-9-7-11(14)3-4-12(9)13(17)16-6-5-15-8-10(16)2/h3-4,7,10,15H,5-6,8H2,1-2H3/t10-/m1/s1. The van der Waals surface area contributed by atoms with Crippen LogP contribution in [0.2, 0.25) is 0 Å². The van der Waals surface area contributed by atoms with E-state index in [1.54, 1.807) is 13.0 Å². The number of amides is 1. The van der Waals surface area contributed by atoms with Crippen LogP contribution in [0.3, 0.4) is 0 Å². The number of rotatable bonds is 1. The summed E-state index contributed by atoms with van der Waals surface area (Å²) in [5, 5.41) is 3.24. The molecule has 4 heteroatoms. The lowest BCUT2D eigenvalue weighted by molar-refractivity contribution is 0.0655. The number of aryl methyl sites for hydroxylation is 1. The Balaban J connectivity index is 2.24. The van der Waals surface area contributed by atoms with Crippen LogP contribution in [-0.2, 0) is 0 Å². The summed E-state index contributed by atoms with van der Waals surface area (Å²) in [5.41, 5.74) is 1.29. The highest BCUT2D eigenvalue weighted by Crippen LogP contribution is 2.15. The minimum atomic E-state index is -0.299. The number of piperazine rings is 1. The molecule has 3 nitrogen and oxygen atoms in total. The van der Waals surface area contributed by atoms with E-state index in [4.69, 9.17) is 0 Å². The topological polar surface area (TPSA) is 32.3 Å². The van der Waals surface area contributed by atoms with Gasteiger partial charge in [0.15, 0.2) is 0 Å². The molecule has 1 atom stereocenters. The molecule has 0 bridgehead atoms. The van der Waals surface area contributed by atoms with E-state index in [-0.39, 0.29) is 17.8 Å². The lowest BCUT2D eigenvalue weighted by Crippen LogP contribution is -2.52. The molecule has 0 saturated carbocycles. The van der Waals surface area contributed by atoms with Crippen LogP contribution in [0, 0.1) is 12.7 Å². The minimum absolute atomic E-state index is 0.00324. The molecule has 1 N–H and O–H groups in total. The van der Waals surface area contributed by atoms with Crippen molar-refractivity contribution in [2.75, 3.05) is 19.6 Å². The summed E-state index contributed by atoms with van der Waals surface area (Å²) in [6.07, 6.45) is 0. The molecule has 1 aromatic rings. The third-order valence-electron chi connectivity index (χ3n) is 3.18. The zero-order valence-corrected chi connectivity index (χ0v) is 10.2. The molecule has 1 amide bonds. The van der Waals surface area contributed by atoms with E-state index in [2.05, 4.69) is 5.32 Å². The summed E-state index contributed by atoms with van der Waals surface area (Å²) < 4.78 is 13.0. The second-order valence-corrected chi connectivity index (χ2v) is 4.51. The Labute approximate surface area is 101 Å². The summed E-state index contributed by atoms with van der Waals surface area (Å²) in [7, 11) is 0. The largest absolute Gasteiger partial charge is 0.333 e. The number of benzene rings is 1. The summed E-state index contributed by atoms with van der Waals surface area (Å²) >= 11 is 0. The van der Waals surface area contributed by atoms with E-state index in [1.807, 2.05) is 11.8 Å². The second-order valence-electron chi connectivity index (χ2n) is 4.51. The number of nitrogens with zero attached hydrogens (tertiary/aromatic N) is 1. The first-order valence-electron chi connectivity index (χ1n) is 5.87. The van der Waals surface area contributed by atoms with Gasteiger partial charge in [-0.05, 0) is 37.6 Å². The zero-order valence-electron chi connectivity index (χ0n) is 10.2. The normalized spacial score (nSPS) is 20.4. The van der Waals surface area contributed by atoms with Crippen molar-refractivity contribution in [2.24, 2.45) is 0 Å². The summed E-state index contributed by atoms with van der Waals surface area (Å²) in [6.45, 7) is 6.12. The number of halogens is 1. The SMILES string of the molecule is Cc1cc(F)ccc1C(=O)N1CCNC[C@H]1C. The van der Waals surface area contributed by atoms with Crippen molar-refractivity contribution < 1.29 is 9.18 Å². The highest BCUT2D eigenvalue weighted by atomic mass is 19.1. The fourth-order valence-corrected chi connectivity index (χ4v) is 2.16.